The van der Waals surface area contributed by atoms with Crippen LogP contribution in [0.4, 0.5) is 22.0 Å². The molecule has 12 heteroatoms. The summed E-state index contributed by atoms with van der Waals surface area (Å²) in [6.45, 7) is 0.164. The second-order valence-corrected chi connectivity index (χ2v) is 5.98. The number of alkyl halides is 5. The lowest BCUT2D eigenvalue weighted by atomic mass is 10.2. The molecule has 138 valence electrons. The van der Waals surface area contributed by atoms with Gasteiger partial charge in [0.15, 0.2) is 0 Å². The molecule has 0 aliphatic rings. The van der Waals surface area contributed by atoms with Crippen LogP contribution < -0.4 is 11.2 Å². The van der Waals surface area contributed by atoms with Gasteiger partial charge in [0.1, 0.15) is 9.71 Å². The predicted octanol–water partition coefficient (Wildman–Crippen LogP) is 2.83. The first kappa shape index (κ1) is 19.1. The first-order valence-electron chi connectivity index (χ1n) is 6.87. The molecule has 25 heavy (non-hydrogen) atoms. The van der Waals surface area contributed by atoms with E-state index in [-0.39, 0.29) is 17.9 Å². The number of carbonyl (C=O) groups is 1. The maximum absolute atomic E-state index is 13.3. The Morgan fingerprint density at radius 1 is 1.24 bits per heavy atom. The molecule has 2 rings (SSSR count). The van der Waals surface area contributed by atoms with Crippen LogP contribution >= 0.6 is 11.3 Å². The average molecular weight is 386 g/mol. The second-order valence-electron chi connectivity index (χ2n) is 4.98. The van der Waals surface area contributed by atoms with Crippen molar-refractivity contribution in [2.75, 3.05) is 0 Å². The molecule has 0 fully saturated rings. The van der Waals surface area contributed by atoms with Gasteiger partial charge in [-0.1, -0.05) is 0 Å². The van der Waals surface area contributed by atoms with E-state index in [9.17, 15) is 36.3 Å². The third-order valence-corrected chi connectivity index (χ3v) is 4.66. The van der Waals surface area contributed by atoms with Crippen LogP contribution in [0.3, 0.4) is 0 Å². The van der Waals surface area contributed by atoms with Crippen molar-refractivity contribution in [2.45, 2.75) is 39.0 Å². The highest BCUT2D eigenvalue weighted by atomic mass is 32.1. The first-order valence-corrected chi connectivity index (χ1v) is 7.69. The largest absolute Gasteiger partial charge is 0.477 e. The van der Waals surface area contributed by atoms with Gasteiger partial charge in [0, 0.05) is 13.1 Å². The summed E-state index contributed by atoms with van der Waals surface area (Å²) >= 11 is 0.188. The van der Waals surface area contributed by atoms with Crippen LogP contribution in [0.25, 0.3) is 10.2 Å². The second kappa shape index (κ2) is 6.58. The highest BCUT2D eigenvalue weighted by Gasteiger charge is 2.31. The number of aryl methyl sites for hydroxylation is 1. The highest BCUT2D eigenvalue weighted by molar-refractivity contribution is 7.20. The van der Waals surface area contributed by atoms with E-state index in [1.165, 1.54) is 6.92 Å². The lowest BCUT2D eigenvalue weighted by molar-refractivity contribution is -0.136. The van der Waals surface area contributed by atoms with Gasteiger partial charge in [-0.3, -0.25) is 13.9 Å². The van der Waals surface area contributed by atoms with Crippen LogP contribution in [0.2, 0.25) is 0 Å². The Morgan fingerprint density at radius 3 is 2.28 bits per heavy atom. The normalized spacial score (nSPS) is 12.3. The predicted molar refractivity (Wildman–Crippen MR) is 78.6 cm³/mol. The molecule has 0 amide bonds. The Kier molecular flexibility index (Phi) is 5.02. The maximum atomic E-state index is 13.3. The number of hydrogen-bond acceptors (Lipinski definition) is 4. The number of aromatic carboxylic acids is 1. The van der Waals surface area contributed by atoms with Crippen molar-refractivity contribution >= 4 is 27.5 Å². The van der Waals surface area contributed by atoms with Gasteiger partial charge >= 0.3 is 17.8 Å². The number of fused-ring (bicyclic) bond motifs is 1. The van der Waals surface area contributed by atoms with Crippen LogP contribution in [0.15, 0.2) is 9.59 Å². The Bertz CT molecular complexity index is 941. The van der Waals surface area contributed by atoms with E-state index in [1.807, 2.05) is 0 Å². The fourth-order valence-corrected chi connectivity index (χ4v) is 3.52. The fourth-order valence-electron chi connectivity index (χ4n) is 2.36. The molecule has 1 N–H and O–H groups in total. The molecule has 2 aromatic heterocycles. The monoisotopic (exact) mass is 386 g/mol. The molecule has 0 saturated carbocycles. The van der Waals surface area contributed by atoms with Gasteiger partial charge in [0.2, 0.25) is 0 Å². The summed E-state index contributed by atoms with van der Waals surface area (Å²) in [6, 6.07) is 0. The van der Waals surface area contributed by atoms with Crippen molar-refractivity contribution in [3.63, 3.8) is 0 Å². The molecule has 0 atom stereocenters. The van der Waals surface area contributed by atoms with E-state index in [4.69, 9.17) is 5.11 Å². The van der Waals surface area contributed by atoms with Crippen molar-refractivity contribution < 1.29 is 31.9 Å². The zero-order chi connectivity index (χ0) is 19.1. The third kappa shape index (κ3) is 3.43. The summed E-state index contributed by atoms with van der Waals surface area (Å²) in [5.41, 5.74) is -3.34. The molecule has 0 saturated heterocycles. The molecule has 0 radical (unpaired) electrons. The van der Waals surface area contributed by atoms with Crippen molar-refractivity contribution in [3.05, 3.63) is 31.3 Å². The molecule has 0 bridgehead atoms. The van der Waals surface area contributed by atoms with Gasteiger partial charge in [0.05, 0.1) is 17.4 Å². The van der Waals surface area contributed by atoms with E-state index < -0.39 is 63.4 Å². The summed E-state index contributed by atoms with van der Waals surface area (Å²) in [5.74, 6) is -1.76. The fraction of sp³-hybridized carbons (Fsp3) is 0.462. The molecule has 0 unspecified atom stereocenters. The molecule has 2 aromatic rings. The molecular weight excluding hydrogens is 375 g/mol. The topological polar surface area (TPSA) is 81.3 Å². The first-order chi connectivity index (χ1) is 11.5. The van der Waals surface area contributed by atoms with Crippen molar-refractivity contribution in [3.8, 4) is 0 Å². The van der Waals surface area contributed by atoms with Gasteiger partial charge in [-0.25, -0.2) is 18.4 Å². The highest BCUT2D eigenvalue weighted by Crippen LogP contribution is 2.36. The van der Waals surface area contributed by atoms with Crippen LogP contribution in [0.5, 0.6) is 0 Å². The van der Waals surface area contributed by atoms with Crippen LogP contribution in [-0.4, -0.2) is 26.4 Å². The van der Waals surface area contributed by atoms with Crippen molar-refractivity contribution in [2.24, 2.45) is 0 Å². The Labute approximate surface area is 139 Å². The minimum Gasteiger partial charge on any atom is -0.477 e. The lowest BCUT2D eigenvalue weighted by Gasteiger charge is -2.12. The lowest BCUT2D eigenvalue weighted by Crippen LogP contribution is -2.40. The zero-order valence-electron chi connectivity index (χ0n) is 12.6. The maximum Gasteiger partial charge on any atom is 0.390 e. The standard InChI is InChI=1S/C13H11F5N2O4S/c1-2-19-9(21)6-5(8(14)15)7(11(22)23)25-10(6)20(12(19)24)4-3-13(16,17)18/h8H,2-4H2,1H3,(H,22,23). The SMILES string of the molecule is CCn1c(=O)c2c(C(F)F)c(C(=O)O)sc2n(CCC(F)(F)F)c1=O. The minimum atomic E-state index is -4.63. The van der Waals surface area contributed by atoms with E-state index in [0.29, 0.717) is 9.13 Å². The van der Waals surface area contributed by atoms with Gasteiger partial charge in [0.25, 0.3) is 12.0 Å². The van der Waals surface area contributed by atoms with Crippen LogP contribution in [-0.2, 0) is 13.1 Å². The van der Waals surface area contributed by atoms with Crippen molar-refractivity contribution in [1.29, 1.82) is 0 Å². The Balaban J connectivity index is 2.93. The molecule has 0 aromatic carbocycles. The number of thiophene rings is 1. The van der Waals surface area contributed by atoms with Crippen LogP contribution in [0.1, 0.15) is 35.0 Å². The van der Waals surface area contributed by atoms with E-state index in [0.717, 1.165) is 0 Å². The van der Waals surface area contributed by atoms with Crippen molar-refractivity contribution in [1.82, 2.24) is 9.13 Å². The number of hydrogen-bond donors (Lipinski definition) is 1. The summed E-state index contributed by atoms with van der Waals surface area (Å²) in [5, 5.41) is 8.32. The number of rotatable bonds is 5. The number of carboxylic acids is 1. The Hall–Kier alpha value is -2.24. The molecular formula is C13H11F5N2O4S. The summed E-state index contributed by atoms with van der Waals surface area (Å²) in [4.78, 5) is 34.3. The molecule has 0 aliphatic heterocycles. The number of nitrogens with zero attached hydrogens (tertiary/aromatic N) is 2. The molecule has 0 spiro atoms. The molecule has 0 aliphatic carbocycles. The summed E-state index contributed by atoms with van der Waals surface area (Å²) in [6.07, 6.45) is -9.41. The minimum absolute atomic E-state index is 0.188. The third-order valence-electron chi connectivity index (χ3n) is 3.44. The van der Waals surface area contributed by atoms with Gasteiger partial charge < -0.3 is 5.11 Å². The summed E-state index contributed by atoms with van der Waals surface area (Å²) < 4.78 is 65.1. The van der Waals surface area contributed by atoms with Gasteiger partial charge in [-0.05, 0) is 6.92 Å². The van der Waals surface area contributed by atoms with E-state index in [1.54, 1.807) is 0 Å². The molecule has 6 nitrogen and oxygen atoms in total. The zero-order valence-corrected chi connectivity index (χ0v) is 13.4. The van der Waals surface area contributed by atoms with E-state index >= 15 is 0 Å². The van der Waals surface area contributed by atoms with Crippen LogP contribution in [0, 0.1) is 0 Å². The average Bonchev–Trinajstić information content (AvgIpc) is 2.87. The number of carboxylic acid groups (broad SMARTS) is 1. The van der Waals surface area contributed by atoms with E-state index in [2.05, 4.69) is 0 Å². The quantitative estimate of drug-likeness (QED) is 0.802. The smallest absolute Gasteiger partial charge is 0.390 e. The summed E-state index contributed by atoms with van der Waals surface area (Å²) in [7, 11) is 0. The Morgan fingerprint density at radius 2 is 1.84 bits per heavy atom. The number of halogens is 5. The molecule has 2 heterocycles. The number of aromatic nitrogens is 2. The van der Waals surface area contributed by atoms with Gasteiger partial charge in [-0.15, -0.1) is 11.3 Å². The van der Waals surface area contributed by atoms with Gasteiger partial charge in [-0.2, -0.15) is 13.2 Å².